The van der Waals surface area contributed by atoms with Crippen LogP contribution in [0.3, 0.4) is 0 Å². The third kappa shape index (κ3) is 4.83. The Labute approximate surface area is 183 Å². The summed E-state index contributed by atoms with van der Waals surface area (Å²) in [4.78, 5) is 13.1. The molecule has 0 saturated heterocycles. The molecule has 0 fully saturated rings. The van der Waals surface area contributed by atoms with Gasteiger partial charge in [0, 0.05) is 26.5 Å². The molecule has 2 unspecified atom stereocenters. The number of nitrogens with one attached hydrogen (secondary N) is 2. The molecule has 32 heavy (non-hydrogen) atoms. The Morgan fingerprint density at radius 2 is 1.09 bits per heavy atom. The fourth-order valence-electron chi connectivity index (χ4n) is 3.44. The van der Waals surface area contributed by atoms with Gasteiger partial charge in [0.25, 0.3) is 0 Å². The minimum atomic E-state index is -0.602. The lowest BCUT2D eigenvalue weighted by Crippen LogP contribution is -2.41. The van der Waals surface area contributed by atoms with Crippen molar-refractivity contribution in [2.45, 2.75) is 12.1 Å². The van der Waals surface area contributed by atoms with Gasteiger partial charge in [-0.25, -0.2) is 13.6 Å². The second-order valence-corrected chi connectivity index (χ2v) is 7.42. The van der Waals surface area contributed by atoms with Gasteiger partial charge in [-0.1, -0.05) is 24.3 Å². The fourth-order valence-corrected chi connectivity index (χ4v) is 3.44. The van der Waals surface area contributed by atoms with Gasteiger partial charge in [-0.05, 0) is 47.5 Å². The smallest absolute Gasteiger partial charge is 0.316 e. The largest absolute Gasteiger partial charge is 0.326 e. The van der Waals surface area contributed by atoms with E-state index in [0.717, 1.165) is 0 Å². The Balaban J connectivity index is 1.61. The van der Waals surface area contributed by atoms with Crippen LogP contribution in [0.2, 0.25) is 0 Å². The van der Waals surface area contributed by atoms with Crippen molar-refractivity contribution in [3.8, 4) is 0 Å². The van der Waals surface area contributed by atoms with Gasteiger partial charge >= 0.3 is 6.03 Å². The highest BCUT2D eigenvalue weighted by atomic mass is 19.1. The second-order valence-electron chi connectivity index (χ2n) is 7.42. The number of amides is 2. The van der Waals surface area contributed by atoms with E-state index in [1.54, 1.807) is 72.3 Å². The minimum Gasteiger partial charge on any atom is -0.326 e. The summed E-state index contributed by atoms with van der Waals surface area (Å²) in [6, 6.07) is 13.6. The Morgan fingerprint density at radius 1 is 0.719 bits per heavy atom. The number of aromatic nitrogens is 4. The molecule has 0 radical (unpaired) electrons. The van der Waals surface area contributed by atoms with Crippen molar-refractivity contribution in [1.29, 1.82) is 0 Å². The molecule has 0 aliphatic heterocycles. The highest BCUT2D eigenvalue weighted by Crippen LogP contribution is 2.23. The van der Waals surface area contributed by atoms with E-state index in [4.69, 9.17) is 0 Å². The van der Waals surface area contributed by atoms with Gasteiger partial charge in [-0.2, -0.15) is 10.2 Å². The predicted octanol–water partition coefficient (Wildman–Crippen LogP) is 3.61. The van der Waals surface area contributed by atoms with E-state index in [0.29, 0.717) is 22.5 Å². The maximum atomic E-state index is 13.4. The number of rotatable bonds is 6. The van der Waals surface area contributed by atoms with Crippen LogP contribution in [0.4, 0.5) is 13.6 Å². The molecule has 0 aliphatic carbocycles. The van der Waals surface area contributed by atoms with Crippen LogP contribution in [-0.4, -0.2) is 25.6 Å². The molecule has 2 aromatic heterocycles. The molecule has 2 aromatic carbocycles. The molecule has 0 spiro atoms. The molecular formula is C23H22F2N6O. The quantitative estimate of drug-likeness (QED) is 0.485. The molecule has 0 saturated carbocycles. The first-order valence-electron chi connectivity index (χ1n) is 9.96. The Morgan fingerprint density at radius 3 is 1.41 bits per heavy atom. The zero-order valence-electron chi connectivity index (χ0n) is 17.5. The van der Waals surface area contributed by atoms with Crippen molar-refractivity contribution in [3.63, 3.8) is 0 Å². The lowest BCUT2D eigenvalue weighted by atomic mass is 10.0. The zero-order valence-corrected chi connectivity index (χ0v) is 17.5. The average Bonchev–Trinajstić information content (AvgIpc) is 3.40. The summed E-state index contributed by atoms with van der Waals surface area (Å²) in [7, 11) is 3.55. The number of aryl methyl sites for hydroxylation is 2. The van der Waals surface area contributed by atoms with Crippen molar-refractivity contribution >= 4 is 6.03 Å². The van der Waals surface area contributed by atoms with E-state index in [2.05, 4.69) is 20.8 Å². The number of carbonyl (C=O) groups is 1. The highest BCUT2D eigenvalue weighted by Gasteiger charge is 2.24. The Kier molecular flexibility index (Phi) is 5.98. The van der Waals surface area contributed by atoms with Crippen LogP contribution < -0.4 is 10.6 Å². The number of carbonyl (C=O) groups excluding carboxylic acids is 1. The molecule has 0 bridgehead atoms. The molecular weight excluding hydrogens is 414 g/mol. The maximum absolute atomic E-state index is 13.4. The van der Waals surface area contributed by atoms with Crippen LogP contribution in [0, 0.1) is 11.6 Å². The van der Waals surface area contributed by atoms with Gasteiger partial charge in [0.1, 0.15) is 23.7 Å². The first kappa shape index (κ1) is 21.2. The van der Waals surface area contributed by atoms with Crippen molar-refractivity contribution in [2.75, 3.05) is 0 Å². The summed E-state index contributed by atoms with van der Waals surface area (Å²) in [5, 5.41) is 14.6. The van der Waals surface area contributed by atoms with Crippen LogP contribution in [0.15, 0.2) is 73.1 Å². The van der Waals surface area contributed by atoms with Gasteiger partial charge in [0.15, 0.2) is 0 Å². The molecule has 2 amide bonds. The van der Waals surface area contributed by atoms with E-state index >= 15 is 0 Å². The number of benzene rings is 2. The van der Waals surface area contributed by atoms with E-state index < -0.39 is 18.1 Å². The lowest BCUT2D eigenvalue weighted by Gasteiger charge is -2.22. The predicted molar refractivity (Wildman–Crippen MR) is 115 cm³/mol. The Bertz CT molecular complexity index is 1110. The average molecular weight is 436 g/mol. The summed E-state index contributed by atoms with van der Waals surface area (Å²) in [6.07, 6.45) is 3.53. The van der Waals surface area contributed by atoms with Crippen molar-refractivity contribution in [1.82, 2.24) is 30.2 Å². The minimum absolute atomic E-state index is 0.371. The van der Waals surface area contributed by atoms with Gasteiger partial charge in [0.05, 0.1) is 11.4 Å². The third-order valence-corrected chi connectivity index (χ3v) is 5.02. The van der Waals surface area contributed by atoms with Gasteiger partial charge < -0.3 is 10.6 Å². The van der Waals surface area contributed by atoms with E-state index in [1.807, 2.05) is 0 Å². The van der Waals surface area contributed by atoms with Gasteiger partial charge in [-0.15, -0.1) is 0 Å². The van der Waals surface area contributed by atoms with Crippen molar-refractivity contribution < 1.29 is 13.6 Å². The SMILES string of the molecule is Cn1ccc(C(NC(=O)NC(c2ccc(F)cc2)c2ccn(C)n2)c2ccc(F)cc2)n1. The fraction of sp³-hybridized carbons (Fsp3) is 0.174. The lowest BCUT2D eigenvalue weighted by molar-refractivity contribution is 0.236. The molecule has 2 N–H and O–H groups in total. The Hall–Kier alpha value is -4.01. The van der Waals surface area contributed by atoms with Crippen LogP contribution in [0.1, 0.15) is 34.6 Å². The molecule has 9 heteroatoms. The molecule has 4 aromatic rings. The molecule has 164 valence electrons. The van der Waals surface area contributed by atoms with Crippen LogP contribution in [0.25, 0.3) is 0 Å². The number of hydrogen-bond acceptors (Lipinski definition) is 3. The topological polar surface area (TPSA) is 76.8 Å². The highest BCUT2D eigenvalue weighted by molar-refractivity contribution is 5.76. The summed E-state index contributed by atoms with van der Waals surface area (Å²) < 4.78 is 30.1. The number of urea groups is 1. The first-order valence-corrected chi connectivity index (χ1v) is 9.96. The first-order chi connectivity index (χ1) is 15.4. The normalized spacial score (nSPS) is 12.9. The molecule has 2 heterocycles. The summed E-state index contributed by atoms with van der Waals surface area (Å²) in [5.41, 5.74) is 2.56. The summed E-state index contributed by atoms with van der Waals surface area (Å²) >= 11 is 0. The number of hydrogen-bond donors (Lipinski definition) is 2. The van der Waals surface area contributed by atoms with Crippen molar-refractivity contribution in [3.05, 3.63) is 107 Å². The monoisotopic (exact) mass is 436 g/mol. The van der Waals surface area contributed by atoms with Crippen LogP contribution in [-0.2, 0) is 14.1 Å². The summed E-state index contributed by atoms with van der Waals surface area (Å²) in [6.45, 7) is 0. The maximum Gasteiger partial charge on any atom is 0.316 e. The van der Waals surface area contributed by atoms with Crippen LogP contribution in [0.5, 0.6) is 0 Å². The van der Waals surface area contributed by atoms with Gasteiger partial charge in [0.2, 0.25) is 0 Å². The second kappa shape index (κ2) is 9.01. The van der Waals surface area contributed by atoms with Gasteiger partial charge in [-0.3, -0.25) is 9.36 Å². The molecule has 0 aliphatic rings. The van der Waals surface area contributed by atoms with Crippen LogP contribution >= 0.6 is 0 Å². The number of halogens is 2. The standard InChI is InChI=1S/C23H22F2N6O/c1-30-13-11-19(28-30)21(15-3-7-17(24)8-4-15)26-23(32)27-22(20-12-14-31(2)29-20)16-5-9-18(25)10-6-16/h3-14,21-22H,1-2H3,(H2,26,27,32). The molecule has 2 atom stereocenters. The zero-order chi connectivity index (χ0) is 22.7. The molecule has 7 nitrogen and oxygen atoms in total. The summed E-state index contributed by atoms with van der Waals surface area (Å²) in [5.74, 6) is -0.742. The molecule has 4 rings (SSSR count). The number of nitrogens with zero attached hydrogens (tertiary/aromatic N) is 4. The van der Waals surface area contributed by atoms with Crippen molar-refractivity contribution in [2.24, 2.45) is 14.1 Å². The van der Waals surface area contributed by atoms with E-state index in [-0.39, 0.29) is 11.6 Å². The van der Waals surface area contributed by atoms with E-state index in [1.165, 1.54) is 24.3 Å². The van der Waals surface area contributed by atoms with E-state index in [9.17, 15) is 13.6 Å². The third-order valence-electron chi connectivity index (χ3n) is 5.02.